The van der Waals surface area contributed by atoms with Crippen molar-refractivity contribution in [1.29, 1.82) is 0 Å². The van der Waals surface area contributed by atoms with Crippen LogP contribution in [-0.4, -0.2) is 85.4 Å². The highest BCUT2D eigenvalue weighted by Crippen LogP contribution is 2.30. The number of likely N-dealkylation sites (tertiary alicyclic amines) is 1. The van der Waals surface area contributed by atoms with Crippen molar-refractivity contribution in [3.05, 3.63) is 23.8 Å². The van der Waals surface area contributed by atoms with E-state index < -0.39 is 0 Å². The van der Waals surface area contributed by atoms with Crippen LogP contribution in [-0.2, 0) is 11.3 Å². The molecule has 0 aromatic heterocycles. The first-order chi connectivity index (χ1) is 14.1. The van der Waals surface area contributed by atoms with E-state index in [0.29, 0.717) is 25.2 Å². The van der Waals surface area contributed by atoms with E-state index in [-0.39, 0.29) is 6.03 Å². The quantitative estimate of drug-likeness (QED) is 0.793. The van der Waals surface area contributed by atoms with Crippen LogP contribution in [0.1, 0.15) is 32.3 Å². The Bertz CT molecular complexity index is 697. The summed E-state index contributed by atoms with van der Waals surface area (Å²) in [6.45, 7) is 12.4. The molecule has 4 rings (SSSR count). The van der Waals surface area contributed by atoms with Crippen molar-refractivity contribution in [1.82, 2.24) is 14.7 Å². The van der Waals surface area contributed by atoms with Crippen molar-refractivity contribution in [2.24, 2.45) is 0 Å². The standard InChI is InChI=1S/C22H34N4O3/c1-17(2)25-7-5-19(6-8-25)26-16-18-15-20(3-4-21(18)23-22(26)27)29-14-11-24-9-12-28-13-10-24/h3-4,15,17,19H,5-14,16H2,1-2H3,(H,23,27). The molecule has 3 aliphatic rings. The average Bonchev–Trinajstić information content (AvgIpc) is 2.74. The molecule has 1 N–H and O–H groups in total. The minimum Gasteiger partial charge on any atom is -0.492 e. The van der Waals surface area contributed by atoms with Crippen molar-refractivity contribution in [3.8, 4) is 5.75 Å². The van der Waals surface area contributed by atoms with Crippen molar-refractivity contribution >= 4 is 11.7 Å². The maximum atomic E-state index is 12.7. The summed E-state index contributed by atoms with van der Waals surface area (Å²) in [5, 5.41) is 3.07. The lowest BCUT2D eigenvalue weighted by Crippen LogP contribution is -2.51. The fourth-order valence-corrected chi connectivity index (χ4v) is 4.48. The Labute approximate surface area is 173 Å². The van der Waals surface area contributed by atoms with Crippen LogP contribution < -0.4 is 10.1 Å². The van der Waals surface area contributed by atoms with E-state index in [1.54, 1.807) is 0 Å². The van der Waals surface area contributed by atoms with Crippen LogP contribution in [0.2, 0.25) is 0 Å². The molecule has 7 nitrogen and oxygen atoms in total. The highest BCUT2D eigenvalue weighted by Gasteiger charge is 2.32. The molecule has 29 heavy (non-hydrogen) atoms. The van der Waals surface area contributed by atoms with Gasteiger partial charge in [-0.3, -0.25) is 4.90 Å². The molecule has 7 heteroatoms. The second-order valence-corrected chi connectivity index (χ2v) is 8.54. The van der Waals surface area contributed by atoms with Gasteiger partial charge >= 0.3 is 6.03 Å². The molecule has 0 bridgehead atoms. The monoisotopic (exact) mass is 402 g/mol. The Hall–Kier alpha value is -1.83. The number of carbonyl (C=O) groups excluding carboxylic acids is 1. The molecule has 3 heterocycles. The van der Waals surface area contributed by atoms with Gasteiger partial charge in [-0.05, 0) is 50.5 Å². The Morgan fingerprint density at radius 1 is 1.17 bits per heavy atom. The van der Waals surface area contributed by atoms with Gasteiger partial charge in [0.15, 0.2) is 0 Å². The predicted octanol–water partition coefficient (Wildman–Crippen LogP) is 2.62. The number of morpholine rings is 1. The van der Waals surface area contributed by atoms with Crippen molar-refractivity contribution in [2.75, 3.05) is 57.9 Å². The molecule has 0 spiro atoms. The summed E-state index contributed by atoms with van der Waals surface area (Å²) >= 11 is 0. The summed E-state index contributed by atoms with van der Waals surface area (Å²) < 4.78 is 11.4. The normalized spacial score (nSPS) is 21.9. The number of hydrogen-bond acceptors (Lipinski definition) is 5. The van der Waals surface area contributed by atoms with Gasteiger partial charge in [0.05, 0.1) is 13.2 Å². The third-order valence-electron chi connectivity index (χ3n) is 6.37. The first kappa shape index (κ1) is 20.4. The number of rotatable bonds is 6. The third kappa shape index (κ3) is 5.02. The molecule has 2 amide bonds. The van der Waals surface area contributed by atoms with Crippen LogP contribution in [0.15, 0.2) is 18.2 Å². The molecule has 1 aromatic rings. The number of nitrogens with one attached hydrogen (secondary N) is 1. The number of carbonyl (C=O) groups is 1. The van der Waals surface area contributed by atoms with Gasteiger partial charge in [0.2, 0.25) is 0 Å². The summed E-state index contributed by atoms with van der Waals surface area (Å²) in [5.74, 6) is 0.878. The van der Waals surface area contributed by atoms with Crippen molar-refractivity contribution < 1.29 is 14.3 Å². The third-order valence-corrected chi connectivity index (χ3v) is 6.37. The summed E-state index contributed by atoms with van der Waals surface area (Å²) in [5.41, 5.74) is 2.05. The van der Waals surface area contributed by atoms with Crippen molar-refractivity contribution in [3.63, 3.8) is 0 Å². The van der Waals surface area contributed by atoms with E-state index >= 15 is 0 Å². The summed E-state index contributed by atoms with van der Waals surface area (Å²) in [6.07, 6.45) is 2.08. The second kappa shape index (κ2) is 9.32. The molecule has 2 fully saturated rings. The van der Waals surface area contributed by atoms with Gasteiger partial charge in [0, 0.05) is 57.0 Å². The fraction of sp³-hybridized carbons (Fsp3) is 0.682. The number of hydrogen-bond donors (Lipinski definition) is 1. The van der Waals surface area contributed by atoms with Crippen LogP contribution >= 0.6 is 0 Å². The Kier molecular flexibility index (Phi) is 6.57. The van der Waals surface area contributed by atoms with Gasteiger partial charge in [0.1, 0.15) is 12.4 Å². The first-order valence-electron chi connectivity index (χ1n) is 11.0. The topological polar surface area (TPSA) is 57.3 Å². The molecule has 0 radical (unpaired) electrons. The Morgan fingerprint density at radius 2 is 1.93 bits per heavy atom. The molecule has 1 aromatic carbocycles. The molecule has 2 saturated heterocycles. The molecule has 0 aliphatic carbocycles. The summed E-state index contributed by atoms with van der Waals surface area (Å²) in [4.78, 5) is 19.5. The second-order valence-electron chi connectivity index (χ2n) is 8.54. The molecule has 0 saturated carbocycles. The minimum absolute atomic E-state index is 0.0292. The van der Waals surface area contributed by atoms with Gasteiger partial charge < -0.3 is 24.6 Å². The van der Waals surface area contributed by atoms with Gasteiger partial charge in [-0.1, -0.05) is 0 Å². The van der Waals surface area contributed by atoms with Crippen LogP contribution in [0.25, 0.3) is 0 Å². The van der Waals surface area contributed by atoms with E-state index in [2.05, 4.69) is 35.0 Å². The molecule has 3 aliphatic heterocycles. The van der Waals surface area contributed by atoms with Crippen LogP contribution in [0.3, 0.4) is 0 Å². The van der Waals surface area contributed by atoms with Crippen LogP contribution in [0.5, 0.6) is 5.75 Å². The van der Waals surface area contributed by atoms with E-state index in [9.17, 15) is 4.79 Å². The van der Waals surface area contributed by atoms with E-state index in [1.807, 2.05) is 17.0 Å². The lowest BCUT2D eigenvalue weighted by atomic mass is 10.00. The number of fused-ring (bicyclic) bond motifs is 1. The predicted molar refractivity (Wildman–Crippen MR) is 113 cm³/mol. The van der Waals surface area contributed by atoms with Gasteiger partial charge in [-0.15, -0.1) is 0 Å². The average molecular weight is 403 g/mol. The Morgan fingerprint density at radius 3 is 2.66 bits per heavy atom. The summed E-state index contributed by atoms with van der Waals surface area (Å²) in [6, 6.07) is 6.92. The number of amides is 2. The maximum Gasteiger partial charge on any atom is 0.322 e. The molecular weight excluding hydrogens is 368 g/mol. The van der Waals surface area contributed by atoms with Crippen LogP contribution in [0.4, 0.5) is 10.5 Å². The van der Waals surface area contributed by atoms with Crippen LogP contribution in [0, 0.1) is 0 Å². The molecule has 0 unspecified atom stereocenters. The molecule has 0 atom stereocenters. The highest BCUT2D eigenvalue weighted by molar-refractivity contribution is 5.92. The molecule has 160 valence electrons. The van der Waals surface area contributed by atoms with Gasteiger partial charge in [-0.25, -0.2) is 4.79 Å². The van der Waals surface area contributed by atoms with Gasteiger partial charge in [-0.2, -0.15) is 0 Å². The number of benzene rings is 1. The number of anilines is 1. The number of urea groups is 1. The highest BCUT2D eigenvalue weighted by atomic mass is 16.5. The lowest BCUT2D eigenvalue weighted by Gasteiger charge is -2.41. The zero-order valence-corrected chi connectivity index (χ0v) is 17.7. The first-order valence-corrected chi connectivity index (χ1v) is 11.0. The molecular formula is C22H34N4O3. The maximum absolute atomic E-state index is 12.7. The zero-order valence-electron chi connectivity index (χ0n) is 17.7. The number of nitrogens with zero attached hydrogens (tertiary/aromatic N) is 3. The minimum atomic E-state index is 0.0292. The van der Waals surface area contributed by atoms with E-state index in [0.717, 1.165) is 75.8 Å². The lowest BCUT2D eigenvalue weighted by molar-refractivity contribution is 0.0322. The number of piperidine rings is 1. The van der Waals surface area contributed by atoms with E-state index in [4.69, 9.17) is 9.47 Å². The fourth-order valence-electron chi connectivity index (χ4n) is 4.48. The zero-order chi connectivity index (χ0) is 20.2. The smallest absolute Gasteiger partial charge is 0.322 e. The van der Waals surface area contributed by atoms with Gasteiger partial charge in [0.25, 0.3) is 0 Å². The number of ether oxygens (including phenoxy) is 2. The van der Waals surface area contributed by atoms with E-state index in [1.165, 1.54) is 0 Å². The SMILES string of the molecule is CC(C)N1CCC(N2Cc3cc(OCCN4CCOCC4)ccc3NC2=O)CC1. The summed E-state index contributed by atoms with van der Waals surface area (Å²) in [7, 11) is 0. The Balaban J connectivity index is 1.33. The van der Waals surface area contributed by atoms with Crippen molar-refractivity contribution in [2.45, 2.75) is 45.3 Å². The largest absolute Gasteiger partial charge is 0.492 e.